The molecule has 0 bridgehead atoms. The molecule has 0 atom stereocenters. The Morgan fingerprint density at radius 3 is 1.41 bits per heavy atom. The zero-order valence-electron chi connectivity index (χ0n) is 28.0. The van der Waals surface area contributed by atoms with Crippen molar-refractivity contribution in [3.63, 3.8) is 0 Å². The number of fused-ring (bicyclic) bond motifs is 3. The molecule has 0 aliphatic carbocycles. The second-order valence-electron chi connectivity index (χ2n) is 12.0. The van der Waals surface area contributed by atoms with E-state index >= 15 is 0 Å². The number of hydrogen-bond donors (Lipinski definition) is 0. The minimum Gasteiger partial charge on any atom is -0.503 e. The molecule has 0 radical (unpaired) electrons. The Kier molecular flexibility index (Phi) is 10.6. The Bertz CT molecular complexity index is 2320. The molecule has 0 aliphatic heterocycles. The van der Waals surface area contributed by atoms with E-state index in [0.717, 1.165) is 66.8 Å². The van der Waals surface area contributed by atoms with Crippen molar-refractivity contribution < 1.29 is 51.6 Å². The smallest absolute Gasteiger partial charge is 0.503 e. The van der Waals surface area contributed by atoms with Gasteiger partial charge >= 0.3 is 42.1 Å². The molecule has 9 heteroatoms. The van der Waals surface area contributed by atoms with E-state index in [4.69, 9.17) is 19.4 Å². The second kappa shape index (κ2) is 15.1. The van der Waals surface area contributed by atoms with Crippen LogP contribution in [-0.4, -0.2) is 24.5 Å². The van der Waals surface area contributed by atoms with Gasteiger partial charge in [-0.05, 0) is 57.3 Å². The molecule has 4 aromatic carbocycles. The second-order valence-corrected chi connectivity index (χ2v) is 12.0. The van der Waals surface area contributed by atoms with Gasteiger partial charge in [-0.25, -0.2) is 9.97 Å². The third-order valence-corrected chi connectivity index (χ3v) is 8.01. The summed E-state index contributed by atoms with van der Waals surface area (Å²) in [6, 6.07) is 43.1. The molecule has 0 saturated heterocycles. The molecule has 8 rings (SSSR count). The molecule has 0 N–H and O–H groups in total. The molecule has 254 valence electrons. The quantitative estimate of drug-likeness (QED) is 0.148. The number of aryl methyl sites for hydroxylation is 4. The van der Waals surface area contributed by atoms with E-state index in [-0.39, 0.29) is 42.1 Å². The van der Waals surface area contributed by atoms with Crippen molar-refractivity contribution in [2.45, 2.75) is 27.7 Å². The van der Waals surface area contributed by atoms with Gasteiger partial charge in [0.2, 0.25) is 5.95 Å². The zero-order chi connectivity index (χ0) is 33.5. The molecule has 51 heavy (non-hydrogen) atoms. The van der Waals surface area contributed by atoms with Gasteiger partial charge < -0.3 is 24.0 Å². The standard InChI is InChI=1S/C42H29N5O2.2Pt/c1-26-18-28(3)45-38(20-26)30-8-5-10-32(22-30)48-34-12-14-36-37-15-13-35(25-41(37)47(40(36)24-34)42-43-16-7-17-44-42)49-33-11-6-9-31(23-33)39-21-27(2)19-29(4)46-39;;/h5-21H,1-4H3;;/q-4;2*+2. The minimum atomic E-state index is 0. The predicted octanol–water partition coefficient (Wildman–Crippen LogP) is 9.71. The summed E-state index contributed by atoms with van der Waals surface area (Å²) >= 11 is 0. The predicted molar refractivity (Wildman–Crippen MR) is 190 cm³/mol. The summed E-state index contributed by atoms with van der Waals surface area (Å²) in [5, 5.41) is 1.90. The third kappa shape index (κ3) is 7.56. The molecular formula is C42H29N5O2Pt2. The Hall–Kier alpha value is -4.96. The topological polar surface area (TPSA) is 75.0 Å². The first kappa shape index (κ1) is 35.8. The third-order valence-electron chi connectivity index (χ3n) is 8.01. The first-order valence-electron chi connectivity index (χ1n) is 15.9. The van der Waals surface area contributed by atoms with Crippen LogP contribution < -0.4 is 9.47 Å². The van der Waals surface area contributed by atoms with Crippen molar-refractivity contribution in [3.05, 3.63) is 150 Å². The van der Waals surface area contributed by atoms with E-state index in [1.165, 1.54) is 0 Å². The Balaban J connectivity index is 0.00000224. The maximum atomic E-state index is 6.32. The summed E-state index contributed by atoms with van der Waals surface area (Å²) in [5.41, 5.74) is 9.09. The van der Waals surface area contributed by atoms with Gasteiger partial charge in [0.05, 0.1) is 0 Å². The molecule has 4 heterocycles. The minimum absolute atomic E-state index is 0. The number of hydrogen-bond acceptors (Lipinski definition) is 6. The van der Waals surface area contributed by atoms with Gasteiger partial charge in [-0.1, -0.05) is 46.4 Å². The van der Waals surface area contributed by atoms with E-state index in [0.29, 0.717) is 28.9 Å². The number of nitrogens with zero attached hydrogens (tertiary/aromatic N) is 5. The maximum absolute atomic E-state index is 6.32. The van der Waals surface area contributed by atoms with Gasteiger partial charge in [0, 0.05) is 46.8 Å². The van der Waals surface area contributed by atoms with Crippen LogP contribution in [0.25, 0.3) is 50.3 Å². The Morgan fingerprint density at radius 2 is 0.961 bits per heavy atom. The van der Waals surface area contributed by atoms with Gasteiger partial charge in [0.25, 0.3) is 0 Å². The van der Waals surface area contributed by atoms with Crippen LogP contribution in [0.3, 0.4) is 0 Å². The van der Waals surface area contributed by atoms with Gasteiger partial charge in [0.15, 0.2) is 0 Å². The molecule has 0 fully saturated rings. The number of rotatable bonds is 7. The molecule has 0 aliphatic rings. The number of aromatic nitrogens is 5. The van der Waals surface area contributed by atoms with Crippen LogP contribution in [0.15, 0.2) is 103 Å². The van der Waals surface area contributed by atoms with Crippen LogP contribution in [0.4, 0.5) is 0 Å². The summed E-state index contributed by atoms with van der Waals surface area (Å²) in [6.45, 7) is 8.10. The molecule has 0 saturated carbocycles. The summed E-state index contributed by atoms with van der Waals surface area (Å²) in [6.07, 6.45) is 3.42. The molecule has 0 spiro atoms. The number of pyridine rings is 2. The van der Waals surface area contributed by atoms with Crippen LogP contribution in [0, 0.1) is 52.0 Å². The van der Waals surface area contributed by atoms with Gasteiger partial charge in [0.1, 0.15) is 0 Å². The largest absolute Gasteiger partial charge is 2.00 e. The van der Waals surface area contributed by atoms with E-state index < -0.39 is 0 Å². The molecular weight excluding hydrogens is 997 g/mol. The van der Waals surface area contributed by atoms with Crippen LogP contribution in [0.5, 0.6) is 23.0 Å². The molecule has 0 amide bonds. The monoisotopic (exact) mass is 1030 g/mol. The van der Waals surface area contributed by atoms with E-state index in [1.807, 2.05) is 91.2 Å². The van der Waals surface area contributed by atoms with Crippen LogP contribution in [-0.2, 0) is 42.1 Å². The number of ether oxygens (including phenoxy) is 2. The Morgan fingerprint density at radius 1 is 0.510 bits per heavy atom. The first-order chi connectivity index (χ1) is 23.9. The summed E-state index contributed by atoms with van der Waals surface area (Å²) < 4.78 is 14.6. The Labute approximate surface area is 325 Å². The number of benzene rings is 4. The van der Waals surface area contributed by atoms with Crippen molar-refractivity contribution in [3.8, 4) is 51.5 Å². The maximum Gasteiger partial charge on any atom is 2.00 e. The summed E-state index contributed by atoms with van der Waals surface area (Å²) in [5.74, 6) is 2.65. The molecule has 8 aromatic rings. The van der Waals surface area contributed by atoms with Gasteiger partial charge in [-0.2, -0.15) is 22.9 Å². The van der Waals surface area contributed by atoms with Crippen molar-refractivity contribution in [1.82, 2.24) is 24.5 Å². The van der Waals surface area contributed by atoms with E-state index in [1.54, 1.807) is 18.5 Å². The van der Waals surface area contributed by atoms with Gasteiger partial charge in [-0.15, -0.1) is 71.8 Å². The molecule has 4 aromatic heterocycles. The van der Waals surface area contributed by atoms with Crippen LogP contribution >= 0.6 is 0 Å². The van der Waals surface area contributed by atoms with Crippen LogP contribution in [0.2, 0.25) is 0 Å². The summed E-state index contributed by atoms with van der Waals surface area (Å²) in [4.78, 5) is 18.5. The first-order valence-corrected chi connectivity index (χ1v) is 15.9. The van der Waals surface area contributed by atoms with Crippen LogP contribution in [0.1, 0.15) is 22.5 Å². The normalized spacial score (nSPS) is 10.8. The van der Waals surface area contributed by atoms with Gasteiger partial charge in [-0.3, -0.25) is 0 Å². The van der Waals surface area contributed by atoms with E-state index in [2.05, 4.69) is 60.2 Å². The fourth-order valence-corrected chi connectivity index (χ4v) is 6.06. The molecule has 0 unspecified atom stereocenters. The molecule has 7 nitrogen and oxygen atoms in total. The average Bonchev–Trinajstić information content (AvgIpc) is 3.41. The average molecular weight is 1030 g/mol. The fourth-order valence-electron chi connectivity index (χ4n) is 6.06. The van der Waals surface area contributed by atoms with Crippen molar-refractivity contribution >= 4 is 21.8 Å². The SMILES string of the molecule is Cc1cc(C)nc(-c2[c-]c(Oc3[c-]c4c(cc3)c3ccc(Oc5[c-]c(-c6cc(C)cc(C)n6)ccc5)[c-]c3n4-c3ncccn3)ccc2)c1.[Pt+2].[Pt+2]. The van der Waals surface area contributed by atoms with Crippen molar-refractivity contribution in [1.29, 1.82) is 0 Å². The summed E-state index contributed by atoms with van der Waals surface area (Å²) in [7, 11) is 0. The van der Waals surface area contributed by atoms with Crippen molar-refractivity contribution in [2.24, 2.45) is 0 Å². The van der Waals surface area contributed by atoms with E-state index in [9.17, 15) is 0 Å². The van der Waals surface area contributed by atoms with Crippen molar-refractivity contribution in [2.75, 3.05) is 0 Å². The fraction of sp³-hybridized carbons (Fsp3) is 0.0952. The zero-order valence-corrected chi connectivity index (χ0v) is 32.5.